The summed E-state index contributed by atoms with van der Waals surface area (Å²) in [5.74, 6) is 0.826. The fourth-order valence-electron chi connectivity index (χ4n) is 2.12. The molecule has 0 aliphatic carbocycles. The van der Waals surface area contributed by atoms with E-state index in [9.17, 15) is 0 Å². The molecule has 0 saturated carbocycles. The average Bonchev–Trinajstić information content (AvgIpc) is 2.22. The summed E-state index contributed by atoms with van der Waals surface area (Å²) in [5, 5.41) is 8.64. The number of hydrogen-bond donors (Lipinski definition) is 0. The highest BCUT2D eigenvalue weighted by Gasteiger charge is 2.19. The fourth-order valence-corrected chi connectivity index (χ4v) is 2.12. The fraction of sp³-hybridized carbons (Fsp3) is 0.917. The number of nitrogens with zero attached hydrogens (tertiary/aromatic N) is 3. The zero-order valence-corrected chi connectivity index (χ0v) is 10.2. The van der Waals surface area contributed by atoms with Crippen LogP contribution in [-0.2, 0) is 0 Å². The molecule has 0 aromatic carbocycles. The third kappa shape index (κ3) is 4.19. The maximum Gasteiger partial charge on any atom is 0.0638 e. The molecule has 0 amide bonds. The molecular weight excluding hydrogens is 186 g/mol. The Morgan fingerprint density at radius 1 is 1.47 bits per heavy atom. The van der Waals surface area contributed by atoms with E-state index in [0.29, 0.717) is 12.5 Å². The van der Waals surface area contributed by atoms with Crippen LogP contribution in [-0.4, -0.2) is 49.6 Å². The average molecular weight is 209 g/mol. The van der Waals surface area contributed by atoms with Gasteiger partial charge in [0.25, 0.3) is 0 Å². The SMILES string of the molecule is CC(CC#N)N(C)CC1CCN(C)CC1. The highest BCUT2D eigenvalue weighted by Crippen LogP contribution is 2.17. The molecule has 15 heavy (non-hydrogen) atoms. The van der Waals surface area contributed by atoms with Crippen LogP contribution in [0, 0.1) is 17.2 Å². The summed E-state index contributed by atoms with van der Waals surface area (Å²) in [6.07, 6.45) is 3.25. The number of rotatable bonds is 4. The highest BCUT2D eigenvalue weighted by molar-refractivity contribution is 4.80. The number of piperidine rings is 1. The van der Waals surface area contributed by atoms with E-state index in [0.717, 1.165) is 12.5 Å². The van der Waals surface area contributed by atoms with Gasteiger partial charge in [0, 0.05) is 12.6 Å². The second-order valence-corrected chi connectivity index (χ2v) is 4.90. The molecule has 3 nitrogen and oxygen atoms in total. The first-order valence-corrected chi connectivity index (χ1v) is 5.89. The zero-order chi connectivity index (χ0) is 11.3. The lowest BCUT2D eigenvalue weighted by molar-refractivity contribution is 0.156. The minimum atomic E-state index is 0.398. The Kier molecular flexibility index (Phi) is 5.07. The van der Waals surface area contributed by atoms with Gasteiger partial charge in [-0.3, -0.25) is 0 Å². The van der Waals surface area contributed by atoms with E-state index < -0.39 is 0 Å². The Balaban J connectivity index is 2.26. The van der Waals surface area contributed by atoms with Crippen molar-refractivity contribution in [2.45, 2.75) is 32.2 Å². The molecule has 0 N–H and O–H groups in total. The molecule has 1 aliphatic rings. The van der Waals surface area contributed by atoms with Crippen molar-refractivity contribution < 1.29 is 0 Å². The van der Waals surface area contributed by atoms with Gasteiger partial charge in [0.1, 0.15) is 0 Å². The first kappa shape index (κ1) is 12.5. The van der Waals surface area contributed by atoms with E-state index >= 15 is 0 Å². The summed E-state index contributed by atoms with van der Waals surface area (Å²) < 4.78 is 0. The number of hydrogen-bond acceptors (Lipinski definition) is 3. The summed E-state index contributed by atoms with van der Waals surface area (Å²) >= 11 is 0. The lowest BCUT2D eigenvalue weighted by Gasteiger charge is -2.33. The topological polar surface area (TPSA) is 30.3 Å². The van der Waals surface area contributed by atoms with Gasteiger partial charge >= 0.3 is 0 Å². The van der Waals surface area contributed by atoms with E-state index in [-0.39, 0.29) is 0 Å². The first-order chi connectivity index (χ1) is 7.13. The maximum atomic E-state index is 8.64. The Labute approximate surface area is 93.7 Å². The van der Waals surface area contributed by atoms with E-state index in [4.69, 9.17) is 5.26 Å². The van der Waals surface area contributed by atoms with Crippen molar-refractivity contribution >= 4 is 0 Å². The van der Waals surface area contributed by atoms with Gasteiger partial charge in [-0.15, -0.1) is 0 Å². The van der Waals surface area contributed by atoms with Gasteiger partial charge in [0.05, 0.1) is 12.5 Å². The van der Waals surface area contributed by atoms with Crippen molar-refractivity contribution in [1.82, 2.24) is 9.80 Å². The third-order valence-corrected chi connectivity index (χ3v) is 3.52. The molecule has 1 rings (SSSR count). The predicted octanol–water partition coefficient (Wildman–Crippen LogP) is 1.56. The van der Waals surface area contributed by atoms with Crippen LogP contribution in [0.15, 0.2) is 0 Å². The summed E-state index contributed by atoms with van der Waals surface area (Å²) in [7, 11) is 4.33. The maximum absolute atomic E-state index is 8.64. The van der Waals surface area contributed by atoms with Crippen LogP contribution in [0.3, 0.4) is 0 Å². The van der Waals surface area contributed by atoms with Gasteiger partial charge in [0.2, 0.25) is 0 Å². The molecule has 1 fully saturated rings. The van der Waals surface area contributed by atoms with E-state index in [1.54, 1.807) is 0 Å². The van der Waals surface area contributed by atoms with Crippen molar-refractivity contribution in [1.29, 1.82) is 5.26 Å². The molecule has 3 heteroatoms. The minimum absolute atomic E-state index is 0.398. The largest absolute Gasteiger partial charge is 0.306 e. The van der Waals surface area contributed by atoms with Gasteiger partial charge in [0.15, 0.2) is 0 Å². The Bertz CT molecular complexity index is 213. The molecule has 1 saturated heterocycles. The summed E-state index contributed by atoms with van der Waals surface area (Å²) in [4.78, 5) is 4.73. The van der Waals surface area contributed by atoms with Crippen LogP contribution in [0.25, 0.3) is 0 Å². The lowest BCUT2D eigenvalue weighted by atomic mass is 9.96. The summed E-state index contributed by atoms with van der Waals surface area (Å²) in [6, 6.07) is 2.64. The molecule has 0 radical (unpaired) electrons. The quantitative estimate of drug-likeness (QED) is 0.704. The molecule has 0 aromatic heterocycles. The molecule has 0 spiro atoms. The van der Waals surface area contributed by atoms with Gasteiger partial charge in [-0.2, -0.15) is 5.26 Å². The van der Waals surface area contributed by atoms with E-state index in [1.807, 2.05) is 0 Å². The molecule has 86 valence electrons. The molecule has 1 atom stereocenters. The molecule has 0 bridgehead atoms. The predicted molar refractivity (Wildman–Crippen MR) is 62.5 cm³/mol. The van der Waals surface area contributed by atoms with Crippen molar-refractivity contribution in [3.63, 3.8) is 0 Å². The van der Waals surface area contributed by atoms with Gasteiger partial charge in [-0.1, -0.05) is 0 Å². The van der Waals surface area contributed by atoms with Crippen LogP contribution in [0.5, 0.6) is 0 Å². The normalized spacial score (nSPS) is 21.5. The summed E-state index contributed by atoms with van der Waals surface area (Å²) in [5.41, 5.74) is 0. The van der Waals surface area contributed by atoms with Crippen molar-refractivity contribution in [2.24, 2.45) is 5.92 Å². The lowest BCUT2D eigenvalue weighted by Crippen LogP contribution is -2.38. The Hall–Kier alpha value is -0.590. The van der Waals surface area contributed by atoms with Crippen molar-refractivity contribution in [3.05, 3.63) is 0 Å². The second kappa shape index (κ2) is 6.09. The van der Waals surface area contributed by atoms with Crippen molar-refractivity contribution in [3.8, 4) is 6.07 Å². The molecule has 1 unspecified atom stereocenters. The van der Waals surface area contributed by atoms with Gasteiger partial charge in [-0.25, -0.2) is 0 Å². The van der Waals surface area contributed by atoms with Crippen LogP contribution in [0.4, 0.5) is 0 Å². The highest BCUT2D eigenvalue weighted by atomic mass is 15.1. The molecule has 0 aromatic rings. The third-order valence-electron chi connectivity index (χ3n) is 3.52. The van der Waals surface area contributed by atoms with Gasteiger partial charge in [-0.05, 0) is 52.9 Å². The monoisotopic (exact) mass is 209 g/mol. The molecule has 1 heterocycles. The van der Waals surface area contributed by atoms with Crippen LogP contribution in [0.2, 0.25) is 0 Å². The minimum Gasteiger partial charge on any atom is -0.306 e. The van der Waals surface area contributed by atoms with Crippen LogP contribution < -0.4 is 0 Å². The second-order valence-electron chi connectivity index (χ2n) is 4.90. The zero-order valence-electron chi connectivity index (χ0n) is 10.2. The number of likely N-dealkylation sites (tertiary alicyclic amines) is 1. The van der Waals surface area contributed by atoms with E-state index in [1.165, 1.54) is 25.9 Å². The summed E-state index contributed by atoms with van der Waals surface area (Å²) in [6.45, 7) is 5.74. The van der Waals surface area contributed by atoms with Crippen molar-refractivity contribution in [2.75, 3.05) is 33.7 Å². The Morgan fingerprint density at radius 3 is 2.60 bits per heavy atom. The smallest absolute Gasteiger partial charge is 0.0638 e. The van der Waals surface area contributed by atoms with Crippen LogP contribution in [0.1, 0.15) is 26.2 Å². The number of nitriles is 1. The Morgan fingerprint density at radius 2 is 2.07 bits per heavy atom. The van der Waals surface area contributed by atoms with E-state index in [2.05, 4.69) is 36.9 Å². The molecular formula is C12H23N3. The molecule has 1 aliphatic heterocycles. The van der Waals surface area contributed by atoms with Crippen LogP contribution >= 0.6 is 0 Å². The van der Waals surface area contributed by atoms with Gasteiger partial charge < -0.3 is 9.80 Å². The standard InChI is InChI=1S/C12H23N3/c1-11(4-7-13)15(3)10-12-5-8-14(2)9-6-12/h11-12H,4-6,8-10H2,1-3H3. The first-order valence-electron chi connectivity index (χ1n) is 5.89.